The van der Waals surface area contributed by atoms with Crippen molar-refractivity contribution >= 4 is 55.9 Å². The zero-order chi connectivity index (χ0) is 24.5. The molecule has 2 aromatic carbocycles. The number of aromatic nitrogens is 3. The summed E-state index contributed by atoms with van der Waals surface area (Å²) in [5.41, 5.74) is 11.0. The van der Waals surface area contributed by atoms with E-state index in [-0.39, 0.29) is 5.91 Å². The summed E-state index contributed by atoms with van der Waals surface area (Å²) in [6.45, 7) is 0. The highest BCUT2D eigenvalue weighted by atomic mass is 32.1. The number of ether oxygens (including phenoxy) is 1. The molecule has 0 saturated carbocycles. The van der Waals surface area contributed by atoms with Crippen molar-refractivity contribution in [2.45, 2.75) is 0 Å². The lowest BCUT2D eigenvalue weighted by molar-refractivity contribution is 0.101. The number of nitrogens with one attached hydrogen (secondary N) is 1. The van der Waals surface area contributed by atoms with E-state index >= 15 is 0 Å². The normalized spacial score (nSPS) is 11.2. The number of nitrogens with two attached hydrogens (primary N) is 1. The van der Waals surface area contributed by atoms with Crippen LogP contribution in [0.3, 0.4) is 0 Å². The van der Waals surface area contributed by atoms with E-state index in [0.717, 1.165) is 37.8 Å². The van der Waals surface area contributed by atoms with Gasteiger partial charge in [-0.3, -0.25) is 4.79 Å². The molecular formula is C26H20N6O2S. The fraction of sp³-hybridized carbons (Fsp3) is 0.0769. The number of nitrogen functional groups attached to an aromatic ring is 1. The second-order valence-corrected chi connectivity index (χ2v) is 8.65. The van der Waals surface area contributed by atoms with Crippen LogP contribution in [0.2, 0.25) is 0 Å². The lowest BCUT2D eigenvalue weighted by Gasteiger charge is -2.12. The van der Waals surface area contributed by atoms with E-state index in [4.69, 9.17) is 15.7 Å². The highest BCUT2D eigenvalue weighted by Crippen LogP contribution is 2.41. The van der Waals surface area contributed by atoms with Gasteiger partial charge in [-0.15, -0.1) is 11.3 Å². The van der Waals surface area contributed by atoms with Crippen LogP contribution in [0.1, 0.15) is 16.2 Å². The number of rotatable bonds is 5. The highest BCUT2D eigenvalue weighted by molar-refractivity contribution is 7.18. The monoisotopic (exact) mass is 480 g/mol. The molecule has 5 rings (SSSR count). The van der Waals surface area contributed by atoms with Gasteiger partial charge in [0.05, 0.1) is 29.9 Å². The van der Waals surface area contributed by atoms with Crippen molar-refractivity contribution < 1.29 is 9.53 Å². The Bertz CT molecular complexity index is 1680. The van der Waals surface area contributed by atoms with Crippen molar-refractivity contribution in [3.63, 3.8) is 0 Å². The molecule has 0 aliphatic heterocycles. The van der Waals surface area contributed by atoms with Crippen LogP contribution in [0.4, 0.5) is 11.5 Å². The summed E-state index contributed by atoms with van der Waals surface area (Å²) >= 11 is 1.53. The first-order chi connectivity index (χ1) is 17.0. The van der Waals surface area contributed by atoms with Gasteiger partial charge in [0.15, 0.2) is 5.82 Å². The third kappa shape index (κ3) is 3.86. The molecule has 0 unspecified atom stereocenters. The predicted octanol–water partition coefficient (Wildman–Crippen LogP) is 5.23. The van der Waals surface area contributed by atoms with E-state index in [1.165, 1.54) is 17.4 Å². The first-order valence-electron chi connectivity index (χ1n) is 10.6. The molecule has 0 atom stereocenters. The van der Waals surface area contributed by atoms with E-state index < -0.39 is 0 Å². The fourth-order valence-electron chi connectivity index (χ4n) is 4.03. The Morgan fingerprint density at radius 3 is 2.89 bits per heavy atom. The molecule has 35 heavy (non-hydrogen) atoms. The first-order valence-corrected chi connectivity index (χ1v) is 11.5. The molecule has 172 valence electrons. The van der Waals surface area contributed by atoms with Crippen molar-refractivity contribution in [3.05, 3.63) is 71.5 Å². The SMILES string of the molecule is COc1cc(-c2csc3c(C=CC#N)cnc(N)c23)ccc1NC(=O)c1nc2ccccc2n1C. The van der Waals surface area contributed by atoms with Crippen LogP contribution < -0.4 is 15.8 Å². The average Bonchev–Trinajstić information content (AvgIpc) is 3.47. The summed E-state index contributed by atoms with van der Waals surface area (Å²) in [6, 6.07) is 15.1. The maximum absolute atomic E-state index is 13.0. The van der Waals surface area contributed by atoms with Crippen LogP contribution in [0.5, 0.6) is 5.75 Å². The fourth-order valence-corrected chi connectivity index (χ4v) is 5.11. The van der Waals surface area contributed by atoms with Gasteiger partial charge in [-0.1, -0.05) is 18.2 Å². The molecule has 9 heteroatoms. The number of pyridine rings is 1. The van der Waals surface area contributed by atoms with Gasteiger partial charge >= 0.3 is 0 Å². The van der Waals surface area contributed by atoms with Gasteiger partial charge in [0.2, 0.25) is 0 Å². The van der Waals surface area contributed by atoms with Crippen molar-refractivity contribution in [3.8, 4) is 22.9 Å². The highest BCUT2D eigenvalue weighted by Gasteiger charge is 2.19. The molecule has 5 aromatic rings. The quantitative estimate of drug-likeness (QED) is 0.333. The van der Waals surface area contributed by atoms with Crippen LogP contribution in [0.25, 0.3) is 38.3 Å². The Kier molecular flexibility index (Phi) is 5.65. The smallest absolute Gasteiger partial charge is 0.291 e. The summed E-state index contributed by atoms with van der Waals surface area (Å²) in [5, 5.41) is 14.6. The number of carbonyl (C=O) groups excluding carboxylic acids is 1. The number of nitriles is 1. The average molecular weight is 481 g/mol. The molecule has 0 fully saturated rings. The number of carbonyl (C=O) groups is 1. The number of hydrogen-bond acceptors (Lipinski definition) is 7. The van der Waals surface area contributed by atoms with Crippen LogP contribution in [0.15, 0.2) is 60.1 Å². The summed E-state index contributed by atoms with van der Waals surface area (Å²) in [6.07, 6.45) is 4.79. The standard InChI is InChI=1S/C26H20N6O2S/c1-32-20-8-4-3-7-18(20)30-25(32)26(33)31-19-10-9-15(12-21(19)34-2)17-14-35-23-16(6-5-11-27)13-29-24(28)22(17)23/h3-10,12-14H,1-2H3,(H2,28,29)(H,31,33). The molecule has 3 heterocycles. The molecule has 8 nitrogen and oxygen atoms in total. The van der Waals surface area contributed by atoms with Crippen LogP contribution in [0, 0.1) is 11.3 Å². The number of methoxy groups -OCH3 is 1. The molecule has 3 aromatic heterocycles. The van der Waals surface area contributed by atoms with Crippen molar-refractivity contribution in [1.82, 2.24) is 14.5 Å². The molecule has 3 N–H and O–H groups in total. The van der Waals surface area contributed by atoms with E-state index in [1.54, 1.807) is 30.0 Å². The molecule has 0 spiro atoms. The number of hydrogen-bond donors (Lipinski definition) is 2. The van der Waals surface area contributed by atoms with Gasteiger partial charge < -0.3 is 20.4 Å². The summed E-state index contributed by atoms with van der Waals surface area (Å²) in [4.78, 5) is 21.8. The second-order valence-electron chi connectivity index (χ2n) is 7.77. The Labute approximate surface area is 204 Å². The van der Waals surface area contributed by atoms with Gasteiger partial charge in [0.25, 0.3) is 5.91 Å². The number of para-hydroxylation sites is 2. The summed E-state index contributed by atoms with van der Waals surface area (Å²) < 4.78 is 8.30. The molecule has 1 amide bonds. The molecule has 0 radical (unpaired) electrons. The lowest BCUT2D eigenvalue weighted by Crippen LogP contribution is -2.17. The van der Waals surface area contributed by atoms with Crippen LogP contribution in [-0.4, -0.2) is 27.6 Å². The third-order valence-electron chi connectivity index (χ3n) is 5.74. The number of anilines is 2. The zero-order valence-corrected chi connectivity index (χ0v) is 19.8. The van der Waals surface area contributed by atoms with Gasteiger partial charge in [0.1, 0.15) is 11.6 Å². The Morgan fingerprint density at radius 2 is 2.11 bits per heavy atom. The number of imidazole rings is 1. The number of benzene rings is 2. The lowest BCUT2D eigenvalue weighted by atomic mass is 10.0. The number of thiophene rings is 1. The number of fused-ring (bicyclic) bond motifs is 2. The van der Waals surface area contributed by atoms with Crippen LogP contribution in [-0.2, 0) is 7.05 Å². The van der Waals surface area contributed by atoms with Crippen molar-refractivity contribution in [2.24, 2.45) is 7.05 Å². The van der Waals surface area contributed by atoms with E-state index in [9.17, 15) is 4.79 Å². The Morgan fingerprint density at radius 1 is 1.29 bits per heavy atom. The van der Waals surface area contributed by atoms with Gasteiger partial charge in [-0.2, -0.15) is 5.26 Å². The molecule has 0 aliphatic carbocycles. The number of nitrogens with zero attached hydrogens (tertiary/aromatic N) is 4. The summed E-state index contributed by atoms with van der Waals surface area (Å²) in [5.74, 6) is 0.876. The molecule has 0 bridgehead atoms. The zero-order valence-electron chi connectivity index (χ0n) is 18.9. The number of aryl methyl sites for hydroxylation is 1. The molecule has 0 saturated heterocycles. The van der Waals surface area contributed by atoms with Crippen LogP contribution >= 0.6 is 11.3 Å². The largest absolute Gasteiger partial charge is 0.495 e. The Balaban J connectivity index is 1.51. The minimum Gasteiger partial charge on any atom is -0.495 e. The molecular weight excluding hydrogens is 460 g/mol. The third-order valence-corrected chi connectivity index (χ3v) is 6.77. The van der Waals surface area contributed by atoms with Gasteiger partial charge in [0, 0.05) is 40.5 Å². The topological polar surface area (TPSA) is 119 Å². The minimum absolute atomic E-state index is 0.304. The number of amides is 1. The van der Waals surface area contributed by atoms with E-state index in [1.807, 2.05) is 54.9 Å². The van der Waals surface area contributed by atoms with Gasteiger partial charge in [-0.05, 0) is 41.3 Å². The summed E-state index contributed by atoms with van der Waals surface area (Å²) in [7, 11) is 3.36. The molecule has 0 aliphatic rings. The van der Waals surface area contributed by atoms with Crippen molar-refractivity contribution in [2.75, 3.05) is 18.2 Å². The van der Waals surface area contributed by atoms with Crippen molar-refractivity contribution in [1.29, 1.82) is 5.26 Å². The first kappa shape index (κ1) is 22.1. The van der Waals surface area contributed by atoms with Gasteiger partial charge in [-0.25, -0.2) is 9.97 Å². The maximum Gasteiger partial charge on any atom is 0.291 e. The number of allylic oxidation sites excluding steroid dienone is 1. The Hall–Kier alpha value is -4.68. The maximum atomic E-state index is 13.0. The minimum atomic E-state index is -0.335. The van der Waals surface area contributed by atoms with E-state index in [0.29, 0.717) is 23.1 Å². The predicted molar refractivity (Wildman–Crippen MR) is 139 cm³/mol. The van der Waals surface area contributed by atoms with E-state index in [2.05, 4.69) is 15.3 Å². The second kappa shape index (κ2) is 8.93.